The zero-order valence-corrected chi connectivity index (χ0v) is 18.6. The summed E-state index contributed by atoms with van der Waals surface area (Å²) >= 11 is 0. The molecule has 3 aromatic carbocycles. The number of phenolic OH excluding ortho intramolecular Hbond substituents is 1. The molecule has 0 saturated carbocycles. The van der Waals surface area contributed by atoms with Crippen molar-refractivity contribution in [3.8, 4) is 16.9 Å². The smallest absolute Gasteiger partial charge is 0.131 e. The van der Waals surface area contributed by atoms with Gasteiger partial charge < -0.3 is 9.84 Å². The summed E-state index contributed by atoms with van der Waals surface area (Å²) in [5.74, 6) is 0.0311. The number of unbranched alkanes of at least 4 members (excludes halogenated alkanes) is 3. The molecule has 0 aliphatic rings. The van der Waals surface area contributed by atoms with Gasteiger partial charge in [-0.3, -0.25) is 0 Å². The Labute approximate surface area is 185 Å². The first-order valence-corrected chi connectivity index (χ1v) is 11.4. The third kappa shape index (κ3) is 6.93. The highest BCUT2D eigenvalue weighted by Gasteiger charge is 2.05. The predicted octanol–water partition coefficient (Wildman–Crippen LogP) is 8.13. The summed E-state index contributed by atoms with van der Waals surface area (Å²) in [6, 6.07) is 16.6. The molecule has 0 aromatic heterocycles. The van der Waals surface area contributed by atoms with Gasteiger partial charge in [-0.25, -0.2) is 4.39 Å². The van der Waals surface area contributed by atoms with Crippen LogP contribution in [0.2, 0.25) is 0 Å². The molecule has 2 nitrogen and oxygen atoms in total. The van der Waals surface area contributed by atoms with E-state index in [1.54, 1.807) is 18.2 Å². The summed E-state index contributed by atoms with van der Waals surface area (Å²) in [4.78, 5) is 0. The van der Waals surface area contributed by atoms with Crippen molar-refractivity contribution in [2.45, 2.75) is 58.5 Å². The van der Waals surface area contributed by atoms with Gasteiger partial charge in [0.25, 0.3) is 0 Å². The first kappa shape index (κ1) is 23.0. The quantitative estimate of drug-likeness (QED) is 0.317. The van der Waals surface area contributed by atoms with Crippen LogP contribution in [0.4, 0.5) is 4.39 Å². The van der Waals surface area contributed by atoms with E-state index in [2.05, 4.69) is 13.8 Å². The molecule has 1 N–H and O–H groups in total. The molecule has 3 rings (SSSR count). The van der Waals surface area contributed by atoms with Gasteiger partial charge in [0.15, 0.2) is 0 Å². The topological polar surface area (TPSA) is 29.5 Å². The number of hydrogen-bond donors (Lipinski definition) is 1. The molecule has 3 aromatic rings. The molecule has 164 valence electrons. The highest BCUT2D eigenvalue weighted by molar-refractivity contribution is 5.88. The van der Waals surface area contributed by atoms with Crippen LogP contribution in [0.15, 0.2) is 60.7 Å². The zero-order chi connectivity index (χ0) is 22.1. The number of hydrogen-bond acceptors (Lipinski definition) is 2. The summed E-state index contributed by atoms with van der Waals surface area (Å²) in [7, 11) is 0. The Bertz CT molecular complexity index is 1010. The van der Waals surface area contributed by atoms with Gasteiger partial charge in [0.05, 0.1) is 6.10 Å². The van der Waals surface area contributed by atoms with Crippen LogP contribution in [-0.4, -0.2) is 17.8 Å². The van der Waals surface area contributed by atoms with Crippen LogP contribution in [0.3, 0.4) is 0 Å². The number of phenols is 1. The minimum Gasteiger partial charge on any atom is -0.508 e. The van der Waals surface area contributed by atoms with E-state index in [1.165, 1.54) is 12.8 Å². The Morgan fingerprint density at radius 1 is 0.935 bits per heavy atom. The molecule has 0 amide bonds. The minimum absolute atomic E-state index is 0.216. The number of halogens is 1. The highest BCUT2D eigenvalue weighted by atomic mass is 19.1. The standard InChI is InChI=1S/C28H33FO2/c1-3-4-8-17-31-21(2)9-6-5-7-10-22-11-12-26(20-28(22)29)23-13-14-25-19-27(30)16-15-24(25)18-23/h7,10-16,18-21,30H,3-6,8-9,17H2,1-2H3/b10-7+. The molecular weight excluding hydrogens is 387 g/mol. The molecule has 1 unspecified atom stereocenters. The molecule has 0 radical (unpaired) electrons. The maximum absolute atomic E-state index is 14.6. The third-order valence-corrected chi connectivity index (χ3v) is 5.59. The summed E-state index contributed by atoms with van der Waals surface area (Å²) in [6.45, 7) is 5.17. The first-order valence-electron chi connectivity index (χ1n) is 11.4. The number of benzene rings is 3. The van der Waals surface area contributed by atoms with Crippen LogP contribution >= 0.6 is 0 Å². The fraction of sp³-hybridized carbons (Fsp3) is 0.357. The second-order valence-electron chi connectivity index (χ2n) is 8.20. The van der Waals surface area contributed by atoms with Gasteiger partial charge >= 0.3 is 0 Å². The maximum atomic E-state index is 14.6. The zero-order valence-electron chi connectivity index (χ0n) is 18.6. The van der Waals surface area contributed by atoms with Crippen molar-refractivity contribution in [2.24, 2.45) is 0 Å². The van der Waals surface area contributed by atoms with Gasteiger partial charge in [-0.15, -0.1) is 0 Å². The lowest BCUT2D eigenvalue weighted by Crippen LogP contribution is -2.08. The van der Waals surface area contributed by atoms with Gasteiger partial charge in [-0.1, -0.05) is 62.2 Å². The molecule has 3 heteroatoms. The van der Waals surface area contributed by atoms with Gasteiger partial charge in [0.1, 0.15) is 11.6 Å². The van der Waals surface area contributed by atoms with Gasteiger partial charge in [-0.2, -0.15) is 0 Å². The lowest BCUT2D eigenvalue weighted by Gasteiger charge is -2.12. The average Bonchev–Trinajstić information content (AvgIpc) is 2.77. The molecule has 0 bridgehead atoms. The molecule has 0 spiro atoms. The minimum atomic E-state index is -0.216. The van der Waals surface area contributed by atoms with E-state index in [1.807, 2.05) is 48.6 Å². The highest BCUT2D eigenvalue weighted by Crippen LogP contribution is 2.28. The van der Waals surface area contributed by atoms with E-state index in [9.17, 15) is 9.50 Å². The summed E-state index contributed by atoms with van der Waals surface area (Å²) in [5, 5.41) is 11.6. The number of aromatic hydroxyl groups is 1. The normalized spacial score (nSPS) is 12.6. The Hall–Kier alpha value is -2.65. The molecule has 31 heavy (non-hydrogen) atoms. The van der Waals surface area contributed by atoms with E-state index in [0.29, 0.717) is 5.56 Å². The maximum Gasteiger partial charge on any atom is 0.131 e. The monoisotopic (exact) mass is 420 g/mol. The van der Waals surface area contributed by atoms with Crippen molar-refractivity contribution in [1.82, 2.24) is 0 Å². The number of ether oxygens (including phenoxy) is 1. The van der Waals surface area contributed by atoms with Crippen LogP contribution < -0.4 is 0 Å². The van der Waals surface area contributed by atoms with Crippen LogP contribution in [0.1, 0.15) is 57.9 Å². The summed E-state index contributed by atoms with van der Waals surface area (Å²) in [5.41, 5.74) is 2.41. The Morgan fingerprint density at radius 3 is 2.48 bits per heavy atom. The van der Waals surface area contributed by atoms with Crippen molar-refractivity contribution in [3.05, 3.63) is 72.1 Å². The van der Waals surface area contributed by atoms with E-state index in [0.717, 1.165) is 54.2 Å². The summed E-state index contributed by atoms with van der Waals surface area (Å²) < 4.78 is 20.5. The van der Waals surface area contributed by atoms with Crippen molar-refractivity contribution in [3.63, 3.8) is 0 Å². The number of fused-ring (bicyclic) bond motifs is 1. The number of rotatable bonds is 11. The Morgan fingerprint density at radius 2 is 1.68 bits per heavy atom. The molecular formula is C28H33FO2. The van der Waals surface area contributed by atoms with Gasteiger partial charge in [0, 0.05) is 12.2 Å². The van der Waals surface area contributed by atoms with Crippen molar-refractivity contribution < 1.29 is 14.2 Å². The van der Waals surface area contributed by atoms with E-state index < -0.39 is 0 Å². The molecule has 0 saturated heterocycles. The van der Waals surface area contributed by atoms with Crippen LogP contribution in [-0.2, 0) is 4.74 Å². The molecule has 0 aliphatic carbocycles. The summed E-state index contributed by atoms with van der Waals surface area (Å²) in [6.07, 6.45) is 10.8. The van der Waals surface area contributed by atoms with Crippen molar-refractivity contribution in [2.75, 3.05) is 6.61 Å². The third-order valence-electron chi connectivity index (χ3n) is 5.59. The SMILES string of the molecule is CCCCCOC(C)CCC/C=C/c1ccc(-c2ccc3cc(O)ccc3c2)cc1F. The largest absolute Gasteiger partial charge is 0.508 e. The van der Waals surface area contributed by atoms with E-state index in [-0.39, 0.29) is 17.7 Å². The number of allylic oxidation sites excluding steroid dienone is 1. The fourth-order valence-corrected chi connectivity index (χ4v) is 3.71. The Kier molecular flexibility index (Phi) is 8.66. The molecule has 0 fully saturated rings. The van der Waals surface area contributed by atoms with Crippen LogP contribution in [0.25, 0.3) is 28.0 Å². The first-order chi connectivity index (χ1) is 15.1. The van der Waals surface area contributed by atoms with Crippen molar-refractivity contribution >= 4 is 16.8 Å². The fourth-order valence-electron chi connectivity index (χ4n) is 3.71. The Balaban J connectivity index is 1.53. The van der Waals surface area contributed by atoms with Crippen molar-refractivity contribution in [1.29, 1.82) is 0 Å². The molecule has 0 heterocycles. The van der Waals surface area contributed by atoms with E-state index >= 15 is 0 Å². The van der Waals surface area contributed by atoms with Crippen LogP contribution in [0, 0.1) is 5.82 Å². The average molecular weight is 421 g/mol. The molecule has 0 aliphatic heterocycles. The van der Waals surface area contributed by atoms with Crippen LogP contribution in [0.5, 0.6) is 5.75 Å². The van der Waals surface area contributed by atoms with Gasteiger partial charge in [-0.05, 0) is 78.8 Å². The second-order valence-corrected chi connectivity index (χ2v) is 8.20. The lowest BCUT2D eigenvalue weighted by atomic mass is 9.99. The lowest BCUT2D eigenvalue weighted by molar-refractivity contribution is 0.0566. The predicted molar refractivity (Wildman–Crippen MR) is 129 cm³/mol. The van der Waals surface area contributed by atoms with Gasteiger partial charge in [0.2, 0.25) is 0 Å². The second kappa shape index (κ2) is 11.7. The molecule has 1 atom stereocenters. The van der Waals surface area contributed by atoms with E-state index in [4.69, 9.17) is 4.74 Å².